The molecular formula is C17H22N2O4S2. The summed E-state index contributed by atoms with van der Waals surface area (Å²) in [6, 6.07) is 9.66. The van der Waals surface area contributed by atoms with Gasteiger partial charge >= 0.3 is 0 Å². The van der Waals surface area contributed by atoms with Gasteiger partial charge < -0.3 is 10.1 Å². The molecule has 2 aromatic rings. The van der Waals surface area contributed by atoms with E-state index in [0.29, 0.717) is 12.3 Å². The Bertz CT molecular complexity index is 802. The summed E-state index contributed by atoms with van der Waals surface area (Å²) < 4.78 is 32.6. The predicted octanol–water partition coefficient (Wildman–Crippen LogP) is 2.38. The monoisotopic (exact) mass is 382 g/mol. The van der Waals surface area contributed by atoms with Gasteiger partial charge in [-0.2, -0.15) is 4.72 Å². The number of sulfonamides is 1. The molecule has 0 aliphatic rings. The smallest absolute Gasteiger partial charge is 0.250 e. The molecule has 0 fully saturated rings. The molecule has 1 aromatic carbocycles. The number of rotatable bonds is 8. The Balaban J connectivity index is 2.05. The van der Waals surface area contributed by atoms with Crippen LogP contribution in [0.25, 0.3) is 0 Å². The van der Waals surface area contributed by atoms with Crippen molar-refractivity contribution in [2.45, 2.75) is 30.6 Å². The third kappa shape index (κ3) is 5.29. The first-order valence-electron chi connectivity index (χ1n) is 7.80. The average Bonchev–Trinajstić information content (AvgIpc) is 3.13. The Hall–Kier alpha value is -1.90. The maximum atomic E-state index is 12.5. The zero-order valence-electron chi connectivity index (χ0n) is 14.4. The molecule has 2 N–H and O–H groups in total. The van der Waals surface area contributed by atoms with Crippen molar-refractivity contribution in [3.63, 3.8) is 0 Å². The van der Waals surface area contributed by atoms with Gasteiger partial charge in [0.05, 0.1) is 7.11 Å². The highest BCUT2D eigenvalue weighted by atomic mass is 32.2. The molecule has 0 saturated heterocycles. The largest absolute Gasteiger partial charge is 0.497 e. The molecule has 0 radical (unpaired) electrons. The lowest BCUT2D eigenvalue weighted by atomic mass is 10.0. The van der Waals surface area contributed by atoms with E-state index in [1.54, 1.807) is 32.4 Å². The Kier molecular flexibility index (Phi) is 6.57. The van der Waals surface area contributed by atoms with E-state index in [0.717, 1.165) is 16.9 Å². The molecule has 0 spiro atoms. The van der Waals surface area contributed by atoms with Gasteiger partial charge in [-0.05, 0) is 35.1 Å². The summed E-state index contributed by atoms with van der Waals surface area (Å²) in [5.74, 6) is 0.142. The first-order valence-corrected chi connectivity index (χ1v) is 10.2. The summed E-state index contributed by atoms with van der Waals surface area (Å²) in [5, 5.41) is 4.46. The molecular weight excluding hydrogens is 360 g/mol. The number of nitrogens with one attached hydrogen (secondary N) is 2. The molecule has 1 atom stereocenters. The summed E-state index contributed by atoms with van der Waals surface area (Å²) in [4.78, 5) is 12.5. The molecule has 6 nitrogen and oxygen atoms in total. The van der Waals surface area contributed by atoms with Crippen LogP contribution in [-0.2, 0) is 21.4 Å². The minimum atomic E-state index is -3.71. The summed E-state index contributed by atoms with van der Waals surface area (Å²) in [6.45, 7) is 3.89. The van der Waals surface area contributed by atoms with Crippen LogP contribution in [0.1, 0.15) is 19.4 Å². The maximum Gasteiger partial charge on any atom is 0.250 e. The SMILES string of the molecule is COc1cccc(CNC(=O)[C@H](NS(=O)(=O)c2cccs2)C(C)C)c1. The second kappa shape index (κ2) is 8.46. The summed E-state index contributed by atoms with van der Waals surface area (Å²) in [5.41, 5.74) is 0.872. The molecule has 0 aliphatic heterocycles. The fourth-order valence-electron chi connectivity index (χ4n) is 2.22. The van der Waals surface area contributed by atoms with Gasteiger partial charge in [-0.15, -0.1) is 11.3 Å². The minimum absolute atomic E-state index is 0.193. The Labute approximate surface area is 152 Å². The van der Waals surface area contributed by atoms with Gasteiger partial charge in [0, 0.05) is 6.54 Å². The van der Waals surface area contributed by atoms with E-state index in [-0.39, 0.29) is 16.0 Å². The quantitative estimate of drug-likeness (QED) is 0.734. The summed E-state index contributed by atoms with van der Waals surface area (Å²) in [7, 11) is -2.14. The van der Waals surface area contributed by atoms with Crippen molar-refractivity contribution in [3.8, 4) is 5.75 Å². The number of benzene rings is 1. The number of ether oxygens (including phenoxy) is 1. The molecule has 0 saturated carbocycles. The number of carbonyl (C=O) groups is 1. The van der Waals surface area contributed by atoms with Gasteiger partial charge in [-0.3, -0.25) is 4.79 Å². The van der Waals surface area contributed by atoms with Gasteiger partial charge in [0.15, 0.2) is 0 Å². The van der Waals surface area contributed by atoms with Crippen LogP contribution in [0.3, 0.4) is 0 Å². The van der Waals surface area contributed by atoms with Gasteiger partial charge in [-0.1, -0.05) is 32.0 Å². The van der Waals surface area contributed by atoms with Crippen LogP contribution in [-0.4, -0.2) is 27.5 Å². The molecule has 1 amide bonds. The van der Waals surface area contributed by atoms with E-state index >= 15 is 0 Å². The van der Waals surface area contributed by atoms with Crippen LogP contribution in [0, 0.1) is 5.92 Å². The Morgan fingerprint density at radius 1 is 1.24 bits per heavy atom. The Morgan fingerprint density at radius 3 is 2.60 bits per heavy atom. The van der Waals surface area contributed by atoms with E-state index in [1.807, 2.05) is 24.3 Å². The van der Waals surface area contributed by atoms with Gasteiger partial charge in [0.2, 0.25) is 5.91 Å². The van der Waals surface area contributed by atoms with Crippen molar-refractivity contribution in [1.29, 1.82) is 0 Å². The van der Waals surface area contributed by atoms with E-state index in [1.165, 1.54) is 6.07 Å². The lowest BCUT2D eigenvalue weighted by molar-refractivity contribution is -0.123. The molecule has 0 unspecified atom stereocenters. The van der Waals surface area contributed by atoms with Crippen LogP contribution in [0.15, 0.2) is 46.0 Å². The second-order valence-electron chi connectivity index (χ2n) is 5.84. The van der Waals surface area contributed by atoms with Crippen molar-refractivity contribution in [1.82, 2.24) is 10.0 Å². The first kappa shape index (κ1) is 19.4. The van der Waals surface area contributed by atoms with Crippen molar-refractivity contribution >= 4 is 27.3 Å². The highest BCUT2D eigenvalue weighted by Crippen LogP contribution is 2.17. The van der Waals surface area contributed by atoms with Crippen LogP contribution in [0.2, 0.25) is 0 Å². The van der Waals surface area contributed by atoms with Crippen LogP contribution >= 0.6 is 11.3 Å². The number of thiophene rings is 1. The zero-order valence-corrected chi connectivity index (χ0v) is 16.0. The van der Waals surface area contributed by atoms with Gasteiger partial charge in [-0.25, -0.2) is 8.42 Å². The first-order chi connectivity index (χ1) is 11.8. The van der Waals surface area contributed by atoms with E-state index in [4.69, 9.17) is 4.74 Å². The molecule has 1 heterocycles. The highest BCUT2D eigenvalue weighted by molar-refractivity contribution is 7.91. The van der Waals surface area contributed by atoms with Gasteiger partial charge in [0.25, 0.3) is 10.0 Å². The normalized spacial score (nSPS) is 12.8. The second-order valence-corrected chi connectivity index (χ2v) is 8.73. The standard InChI is InChI=1S/C17H22N2O4S2/c1-12(2)16(19-25(21,22)15-8-5-9-24-15)17(20)18-11-13-6-4-7-14(10-13)23-3/h4-10,12,16,19H,11H2,1-3H3,(H,18,20)/t16-/m1/s1. The van der Waals surface area contributed by atoms with Crippen LogP contribution in [0.5, 0.6) is 5.75 Å². The fraction of sp³-hybridized carbons (Fsp3) is 0.353. The highest BCUT2D eigenvalue weighted by Gasteiger charge is 2.28. The van der Waals surface area contributed by atoms with E-state index in [9.17, 15) is 13.2 Å². The molecule has 2 rings (SSSR count). The number of methoxy groups -OCH3 is 1. The van der Waals surface area contributed by atoms with Crippen molar-refractivity contribution in [3.05, 3.63) is 47.3 Å². The lowest BCUT2D eigenvalue weighted by Crippen LogP contribution is -2.49. The predicted molar refractivity (Wildman–Crippen MR) is 98.1 cm³/mol. The molecule has 0 aliphatic carbocycles. The lowest BCUT2D eigenvalue weighted by Gasteiger charge is -2.21. The molecule has 136 valence electrons. The molecule has 0 bridgehead atoms. The number of carbonyl (C=O) groups excluding carboxylic acids is 1. The van der Waals surface area contributed by atoms with Crippen molar-refractivity contribution < 1.29 is 17.9 Å². The molecule has 1 aromatic heterocycles. The third-order valence-electron chi connectivity index (χ3n) is 3.59. The summed E-state index contributed by atoms with van der Waals surface area (Å²) in [6.07, 6.45) is 0. The minimum Gasteiger partial charge on any atom is -0.497 e. The van der Waals surface area contributed by atoms with Crippen molar-refractivity contribution in [2.75, 3.05) is 7.11 Å². The number of hydrogen-bond donors (Lipinski definition) is 2. The van der Waals surface area contributed by atoms with Crippen molar-refractivity contribution in [2.24, 2.45) is 5.92 Å². The summed E-state index contributed by atoms with van der Waals surface area (Å²) >= 11 is 1.11. The third-order valence-corrected chi connectivity index (χ3v) is 6.43. The van der Waals surface area contributed by atoms with Crippen LogP contribution in [0.4, 0.5) is 0 Å². The van der Waals surface area contributed by atoms with Gasteiger partial charge in [0.1, 0.15) is 16.0 Å². The number of hydrogen-bond acceptors (Lipinski definition) is 5. The molecule has 25 heavy (non-hydrogen) atoms. The Morgan fingerprint density at radius 2 is 2.00 bits per heavy atom. The van der Waals surface area contributed by atoms with E-state index < -0.39 is 16.1 Å². The average molecular weight is 383 g/mol. The topological polar surface area (TPSA) is 84.5 Å². The fourth-order valence-corrected chi connectivity index (χ4v) is 4.57. The zero-order chi connectivity index (χ0) is 18.4. The molecule has 8 heteroatoms. The number of amides is 1. The van der Waals surface area contributed by atoms with Crippen LogP contribution < -0.4 is 14.8 Å². The van der Waals surface area contributed by atoms with E-state index in [2.05, 4.69) is 10.0 Å². The maximum absolute atomic E-state index is 12.5.